The number of nitrogens with one attached hydrogen (secondary N) is 1. The molecule has 1 amide bonds. The molecule has 4 aromatic rings. The molecule has 0 aliphatic carbocycles. The number of methoxy groups -OCH3 is 1. The van der Waals surface area contributed by atoms with E-state index in [0.29, 0.717) is 11.4 Å². The molecule has 0 fully saturated rings. The summed E-state index contributed by atoms with van der Waals surface area (Å²) < 4.78 is 8.03. The highest BCUT2D eigenvalue weighted by atomic mass is 32.1. The first kappa shape index (κ1) is 18.1. The smallest absolute Gasteiger partial charge is 0.411 e. The number of carbonyl (C=O) groups excluding carboxylic acids is 1. The second-order valence-electron chi connectivity index (χ2n) is 6.02. The minimum Gasteiger partial charge on any atom is -0.453 e. The highest BCUT2D eigenvalue weighted by Gasteiger charge is 2.23. The van der Waals surface area contributed by atoms with E-state index in [2.05, 4.69) is 32.3 Å². The molecule has 0 aliphatic heterocycles. The molecule has 0 aliphatic rings. The fourth-order valence-corrected chi connectivity index (χ4v) is 3.99. The molecule has 28 heavy (non-hydrogen) atoms. The van der Waals surface area contributed by atoms with E-state index in [1.807, 2.05) is 4.40 Å². The number of ether oxygens (including phenoxy) is 1. The van der Waals surface area contributed by atoms with Gasteiger partial charge in [-0.05, 0) is 30.7 Å². The van der Waals surface area contributed by atoms with Crippen LogP contribution in [0.25, 0.3) is 10.5 Å². The zero-order chi connectivity index (χ0) is 19.7. The van der Waals surface area contributed by atoms with Crippen molar-refractivity contribution in [2.24, 2.45) is 0 Å². The summed E-state index contributed by atoms with van der Waals surface area (Å²) >= 11 is 1.61. The van der Waals surface area contributed by atoms with Gasteiger partial charge >= 0.3 is 6.09 Å². The first-order valence-corrected chi connectivity index (χ1v) is 9.41. The van der Waals surface area contributed by atoms with Gasteiger partial charge in [0.25, 0.3) is 0 Å². The largest absolute Gasteiger partial charge is 0.453 e. The normalized spacial score (nSPS) is 12.2. The number of imidazole rings is 1. The van der Waals surface area contributed by atoms with Crippen LogP contribution in [0.5, 0.6) is 0 Å². The summed E-state index contributed by atoms with van der Waals surface area (Å²) in [6.45, 7) is 2.05. The second kappa shape index (κ2) is 7.41. The lowest BCUT2D eigenvalue weighted by molar-refractivity contribution is 0.187. The molecule has 144 valence electrons. The third-order valence-corrected chi connectivity index (χ3v) is 5.57. The number of aliphatic hydroxyl groups is 1. The first-order chi connectivity index (χ1) is 13.6. The molecule has 0 unspecified atom stereocenters. The molecule has 1 aromatic carbocycles. The van der Waals surface area contributed by atoms with Crippen molar-refractivity contribution in [3.63, 3.8) is 0 Å². The molecular weight excluding hydrogens is 380 g/mol. The molecule has 1 atom stereocenters. The van der Waals surface area contributed by atoms with Crippen LogP contribution in [0.15, 0.2) is 43.0 Å². The minimum atomic E-state index is -0.910. The lowest BCUT2D eigenvalue weighted by atomic mass is 10.1. The van der Waals surface area contributed by atoms with Gasteiger partial charge in [-0.15, -0.1) is 16.4 Å². The van der Waals surface area contributed by atoms with Gasteiger partial charge in [-0.25, -0.2) is 14.5 Å². The summed E-state index contributed by atoms with van der Waals surface area (Å²) in [6.07, 6.45) is 4.52. The summed E-state index contributed by atoms with van der Waals surface area (Å²) in [4.78, 5) is 17.5. The topological polar surface area (TPSA) is 107 Å². The number of thiazole rings is 1. The molecule has 0 radical (unpaired) electrons. The van der Waals surface area contributed by atoms with E-state index in [1.165, 1.54) is 7.11 Å². The highest BCUT2D eigenvalue weighted by Crippen LogP contribution is 2.31. The van der Waals surface area contributed by atoms with Crippen LogP contribution in [-0.2, 0) is 11.2 Å². The molecule has 4 rings (SSSR count). The second-order valence-corrected chi connectivity index (χ2v) is 7.14. The Balaban J connectivity index is 1.60. The van der Waals surface area contributed by atoms with E-state index < -0.39 is 12.2 Å². The Kier molecular flexibility index (Phi) is 4.80. The van der Waals surface area contributed by atoms with Crippen molar-refractivity contribution in [2.45, 2.75) is 19.4 Å². The number of amides is 1. The van der Waals surface area contributed by atoms with Crippen LogP contribution < -0.4 is 5.32 Å². The summed E-state index contributed by atoms with van der Waals surface area (Å²) in [5, 5.41) is 21.8. The van der Waals surface area contributed by atoms with Gasteiger partial charge in [0.05, 0.1) is 30.9 Å². The van der Waals surface area contributed by atoms with Gasteiger partial charge < -0.3 is 9.84 Å². The Morgan fingerprint density at radius 1 is 1.36 bits per heavy atom. The number of hydrogen-bond acceptors (Lipinski definition) is 7. The lowest BCUT2D eigenvalue weighted by Gasteiger charge is -2.09. The molecule has 0 saturated carbocycles. The summed E-state index contributed by atoms with van der Waals surface area (Å²) in [7, 11) is 1.31. The minimum absolute atomic E-state index is 0.444. The number of carbonyl (C=O) groups is 1. The molecule has 10 heteroatoms. The van der Waals surface area contributed by atoms with Crippen molar-refractivity contribution < 1.29 is 14.6 Å². The Morgan fingerprint density at radius 2 is 2.14 bits per heavy atom. The fraction of sp³-hybridized carbons (Fsp3) is 0.222. The molecule has 2 N–H and O–H groups in total. The van der Waals surface area contributed by atoms with E-state index in [9.17, 15) is 9.90 Å². The molecule has 0 saturated heterocycles. The van der Waals surface area contributed by atoms with Crippen LogP contribution in [-0.4, -0.2) is 42.7 Å². The SMILES string of the molecule is CCc1sc2cncn2c1[C@@H](O)c1cn(-c2ccc(NC(=O)OC)cc2)nn1. The Bertz CT molecular complexity index is 1110. The highest BCUT2D eigenvalue weighted by molar-refractivity contribution is 7.17. The number of aryl methyl sites for hydroxylation is 1. The summed E-state index contributed by atoms with van der Waals surface area (Å²) in [5.41, 5.74) is 2.56. The predicted octanol–water partition coefficient (Wildman–Crippen LogP) is 2.80. The van der Waals surface area contributed by atoms with Crippen LogP contribution >= 0.6 is 11.3 Å². The zero-order valence-electron chi connectivity index (χ0n) is 15.2. The number of rotatable bonds is 5. The maximum Gasteiger partial charge on any atom is 0.411 e. The maximum absolute atomic E-state index is 11.3. The van der Waals surface area contributed by atoms with Crippen LogP contribution in [0.1, 0.15) is 29.3 Å². The van der Waals surface area contributed by atoms with Gasteiger partial charge in [0.1, 0.15) is 23.0 Å². The van der Waals surface area contributed by atoms with Crippen LogP contribution in [0.3, 0.4) is 0 Å². The van der Waals surface area contributed by atoms with Gasteiger partial charge in [0.15, 0.2) is 0 Å². The zero-order valence-corrected chi connectivity index (χ0v) is 16.1. The van der Waals surface area contributed by atoms with Crippen LogP contribution in [0.4, 0.5) is 10.5 Å². The number of nitrogens with zero attached hydrogens (tertiary/aromatic N) is 5. The molecule has 9 nitrogen and oxygen atoms in total. The molecular formula is C18H18N6O3S. The standard InChI is InChI=1S/C18H18N6O3S/c1-3-14-16(23-10-19-8-15(23)28-14)17(25)13-9-24(22-21-13)12-6-4-11(5-7-12)20-18(26)27-2/h4-10,17,25H,3H2,1-2H3,(H,20,26)/t17-/m0/s1. The van der Waals surface area contributed by atoms with Crippen LogP contribution in [0.2, 0.25) is 0 Å². The van der Waals surface area contributed by atoms with Gasteiger partial charge in [-0.3, -0.25) is 9.72 Å². The quantitative estimate of drug-likeness (QED) is 0.535. The average Bonchev–Trinajstić information content (AvgIpc) is 3.43. The Labute approximate surface area is 164 Å². The molecule has 3 heterocycles. The van der Waals surface area contributed by atoms with Gasteiger partial charge in [-0.1, -0.05) is 12.1 Å². The van der Waals surface area contributed by atoms with E-state index in [1.54, 1.807) is 59.0 Å². The van der Waals surface area contributed by atoms with Gasteiger partial charge in [0, 0.05) is 10.6 Å². The lowest BCUT2D eigenvalue weighted by Crippen LogP contribution is -2.10. The number of fused-ring (bicyclic) bond motifs is 1. The number of aromatic nitrogens is 5. The fourth-order valence-electron chi connectivity index (χ4n) is 2.92. The Hall–Kier alpha value is -3.24. The monoisotopic (exact) mass is 398 g/mol. The van der Waals surface area contributed by atoms with Crippen molar-refractivity contribution in [1.29, 1.82) is 0 Å². The number of hydrogen-bond donors (Lipinski definition) is 2. The van der Waals surface area contributed by atoms with E-state index >= 15 is 0 Å². The molecule has 0 spiro atoms. The first-order valence-electron chi connectivity index (χ1n) is 8.60. The number of anilines is 1. The van der Waals surface area contributed by atoms with E-state index in [-0.39, 0.29) is 0 Å². The van der Waals surface area contributed by atoms with Gasteiger partial charge in [0.2, 0.25) is 0 Å². The average molecular weight is 398 g/mol. The van der Waals surface area contributed by atoms with Crippen molar-refractivity contribution >= 4 is 27.9 Å². The molecule has 0 bridgehead atoms. The van der Waals surface area contributed by atoms with Gasteiger partial charge in [-0.2, -0.15) is 0 Å². The number of aliphatic hydroxyl groups excluding tert-OH is 1. The van der Waals surface area contributed by atoms with E-state index in [4.69, 9.17) is 0 Å². The van der Waals surface area contributed by atoms with Crippen molar-refractivity contribution in [3.8, 4) is 5.69 Å². The third-order valence-electron chi connectivity index (χ3n) is 4.31. The maximum atomic E-state index is 11.3. The predicted molar refractivity (Wildman–Crippen MR) is 104 cm³/mol. The number of benzene rings is 1. The van der Waals surface area contributed by atoms with Crippen molar-refractivity contribution in [3.05, 3.63) is 59.3 Å². The molecule has 3 aromatic heterocycles. The Morgan fingerprint density at radius 3 is 2.86 bits per heavy atom. The third kappa shape index (κ3) is 3.23. The summed E-state index contributed by atoms with van der Waals surface area (Å²) in [5.74, 6) is 0. The summed E-state index contributed by atoms with van der Waals surface area (Å²) in [6, 6.07) is 7.03. The van der Waals surface area contributed by atoms with Crippen molar-refractivity contribution in [2.75, 3.05) is 12.4 Å². The van der Waals surface area contributed by atoms with E-state index in [0.717, 1.165) is 27.5 Å². The van der Waals surface area contributed by atoms with Crippen LogP contribution in [0, 0.1) is 0 Å². The van der Waals surface area contributed by atoms with Crippen molar-refractivity contribution in [1.82, 2.24) is 24.4 Å².